The van der Waals surface area contributed by atoms with Gasteiger partial charge in [0, 0.05) is 11.4 Å². The molecule has 0 aliphatic carbocycles. The van der Waals surface area contributed by atoms with Crippen LogP contribution < -0.4 is 10.0 Å². The molecule has 0 spiro atoms. The summed E-state index contributed by atoms with van der Waals surface area (Å²) in [5, 5.41) is 13.1. The number of amides is 1. The van der Waals surface area contributed by atoms with Gasteiger partial charge in [-0.25, -0.2) is 8.42 Å². The van der Waals surface area contributed by atoms with Crippen molar-refractivity contribution in [3.05, 3.63) is 59.0 Å². The van der Waals surface area contributed by atoms with Gasteiger partial charge < -0.3 is 5.32 Å². The molecule has 0 unspecified atom stereocenters. The number of hydrogen-bond acceptors (Lipinski definition) is 6. The van der Waals surface area contributed by atoms with Crippen molar-refractivity contribution in [1.29, 1.82) is 0 Å². The third kappa shape index (κ3) is 5.70. The lowest BCUT2D eigenvalue weighted by Crippen LogP contribution is -2.21. The highest BCUT2D eigenvalue weighted by molar-refractivity contribution is 7.92. The van der Waals surface area contributed by atoms with E-state index in [0.29, 0.717) is 0 Å². The van der Waals surface area contributed by atoms with Gasteiger partial charge in [-0.1, -0.05) is 11.6 Å². The highest BCUT2D eigenvalue weighted by Gasteiger charge is 2.34. The molecule has 0 fully saturated rings. The molecule has 1 amide bonds. The van der Waals surface area contributed by atoms with Crippen molar-refractivity contribution >= 4 is 39.0 Å². The number of anilines is 2. The van der Waals surface area contributed by atoms with Crippen molar-refractivity contribution in [3.8, 4) is 0 Å². The molecule has 0 atom stereocenters. The van der Waals surface area contributed by atoms with Crippen LogP contribution in [-0.2, 0) is 27.5 Å². The maximum Gasteiger partial charge on any atom is 0.435 e. The molecule has 14 heteroatoms. The Morgan fingerprint density at radius 2 is 1.81 bits per heavy atom. The first-order valence-corrected chi connectivity index (χ1v) is 10.3. The van der Waals surface area contributed by atoms with Gasteiger partial charge in [-0.05, 0) is 49.4 Å². The molecule has 1 aromatic carbocycles. The molecular weight excluding hydrogens is 461 g/mol. The maximum absolute atomic E-state index is 12.7. The van der Waals surface area contributed by atoms with E-state index < -0.39 is 34.3 Å². The number of carbonyl (C=O) groups excluding carboxylic acids is 1. The van der Waals surface area contributed by atoms with Gasteiger partial charge in [0.15, 0.2) is 16.7 Å². The van der Waals surface area contributed by atoms with Gasteiger partial charge in [0.25, 0.3) is 10.0 Å². The average Bonchev–Trinajstić information content (AvgIpc) is 3.05. The number of aromatic nitrogens is 4. The van der Waals surface area contributed by atoms with Gasteiger partial charge in [-0.15, -0.1) is 10.2 Å². The van der Waals surface area contributed by atoms with Crippen molar-refractivity contribution in [1.82, 2.24) is 20.0 Å². The number of hydrogen-bond donors (Lipinski definition) is 2. The summed E-state index contributed by atoms with van der Waals surface area (Å²) in [6.45, 7) is 0.950. The molecule has 0 bridgehead atoms. The Kier molecular flexibility index (Phi) is 6.18. The number of rotatable bonds is 6. The monoisotopic (exact) mass is 474 g/mol. The first kappa shape index (κ1) is 22.5. The van der Waals surface area contributed by atoms with Crippen LogP contribution in [0.1, 0.15) is 11.4 Å². The van der Waals surface area contributed by atoms with Gasteiger partial charge in [-0.3, -0.25) is 14.2 Å². The van der Waals surface area contributed by atoms with Crippen molar-refractivity contribution in [2.45, 2.75) is 24.5 Å². The van der Waals surface area contributed by atoms with E-state index >= 15 is 0 Å². The zero-order chi connectivity index (χ0) is 22.8. The minimum absolute atomic E-state index is 0.0328. The molecule has 3 rings (SSSR count). The van der Waals surface area contributed by atoms with E-state index in [1.807, 2.05) is 0 Å². The molecule has 9 nitrogen and oxygen atoms in total. The Hall–Kier alpha value is -3.19. The lowest BCUT2D eigenvalue weighted by Gasteiger charge is -2.09. The standard InChI is InChI=1S/C17H14ClF3N6O3S/c1-10-8-13(17(19,20)21)25-27(10)9-16(28)22-11-2-4-12(5-3-11)31(29,30)26-15-7-6-14(18)23-24-15/h2-8H,9H2,1H3,(H,22,28)(H,24,26). The maximum atomic E-state index is 12.7. The van der Waals surface area contributed by atoms with E-state index in [9.17, 15) is 26.4 Å². The lowest BCUT2D eigenvalue weighted by molar-refractivity contribution is -0.141. The second kappa shape index (κ2) is 8.51. The summed E-state index contributed by atoms with van der Waals surface area (Å²) in [6.07, 6.45) is -4.61. The summed E-state index contributed by atoms with van der Waals surface area (Å²) in [4.78, 5) is 12.0. The average molecular weight is 475 g/mol. The third-order valence-electron chi connectivity index (χ3n) is 3.88. The number of nitrogens with zero attached hydrogens (tertiary/aromatic N) is 4. The van der Waals surface area contributed by atoms with Gasteiger partial charge >= 0.3 is 6.18 Å². The van der Waals surface area contributed by atoms with Crippen LogP contribution in [0.4, 0.5) is 24.7 Å². The summed E-state index contributed by atoms with van der Waals surface area (Å²) in [5.41, 5.74) is -0.679. The Bertz CT molecular complexity index is 1200. The molecule has 0 aliphatic heterocycles. The van der Waals surface area contributed by atoms with E-state index in [-0.39, 0.29) is 27.2 Å². The topological polar surface area (TPSA) is 119 Å². The number of aryl methyl sites for hydroxylation is 1. The summed E-state index contributed by atoms with van der Waals surface area (Å²) in [6, 6.07) is 8.68. The normalized spacial score (nSPS) is 11.9. The van der Waals surface area contributed by atoms with Crippen LogP contribution in [0.25, 0.3) is 0 Å². The molecule has 2 heterocycles. The Morgan fingerprint density at radius 1 is 1.13 bits per heavy atom. The SMILES string of the molecule is Cc1cc(C(F)(F)F)nn1CC(=O)Nc1ccc(S(=O)(=O)Nc2ccc(Cl)nn2)cc1. The fraction of sp³-hybridized carbons (Fsp3) is 0.176. The van der Waals surface area contributed by atoms with Crippen LogP contribution in [0.15, 0.2) is 47.4 Å². The number of halogens is 4. The van der Waals surface area contributed by atoms with Crippen LogP contribution in [0.2, 0.25) is 5.15 Å². The predicted molar refractivity (Wildman–Crippen MR) is 105 cm³/mol. The molecule has 31 heavy (non-hydrogen) atoms. The number of carbonyl (C=O) groups is 1. The Morgan fingerprint density at radius 3 is 2.35 bits per heavy atom. The third-order valence-corrected chi connectivity index (χ3v) is 5.46. The zero-order valence-corrected chi connectivity index (χ0v) is 17.3. The van der Waals surface area contributed by atoms with Crippen LogP contribution in [-0.4, -0.2) is 34.3 Å². The fourth-order valence-electron chi connectivity index (χ4n) is 2.43. The van der Waals surface area contributed by atoms with Gasteiger partial charge in [0.1, 0.15) is 6.54 Å². The summed E-state index contributed by atoms with van der Waals surface area (Å²) < 4.78 is 66.0. The van der Waals surface area contributed by atoms with E-state index in [1.54, 1.807) is 0 Å². The van der Waals surface area contributed by atoms with Crippen molar-refractivity contribution in [2.75, 3.05) is 10.0 Å². The first-order valence-electron chi connectivity index (χ1n) is 8.48. The molecule has 0 aliphatic rings. The minimum Gasteiger partial charge on any atom is -0.324 e. The number of benzene rings is 1. The first-order chi connectivity index (χ1) is 14.4. The van der Waals surface area contributed by atoms with Crippen molar-refractivity contribution in [3.63, 3.8) is 0 Å². The second-order valence-corrected chi connectivity index (χ2v) is 8.32. The Labute approximate surface area is 179 Å². The minimum atomic E-state index is -4.61. The molecule has 2 aromatic heterocycles. The van der Waals surface area contributed by atoms with Crippen LogP contribution >= 0.6 is 11.6 Å². The number of sulfonamides is 1. The van der Waals surface area contributed by atoms with Gasteiger partial charge in [0.05, 0.1) is 4.90 Å². The van der Waals surface area contributed by atoms with Gasteiger partial charge in [-0.2, -0.15) is 18.3 Å². The summed E-state index contributed by atoms with van der Waals surface area (Å²) >= 11 is 5.60. The summed E-state index contributed by atoms with van der Waals surface area (Å²) in [5.74, 6) is -0.667. The molecule has 0 saturated heterocycles. The highest BCUT2D eigenvalue weighted by Crippen LogP contribution is 2.28. The largest absolute Gasteiger partial charge is 0.435 e. The molecule has 0 saturated carbocycles. The Balaban J connectivity index is 1.65. The predicted octanol–water partition coefficient (Wildman–Crippen LogP) is 3.09. The molecular formula is C17H14ClF3N6O3S. The lowest BCUT2D eigenvalue weighted by atomic mass is 10.3. The zero-order valence-electron chi connectivity index (χ0n) is 15.7. The van der Waals surface area contributed by atoms with E-state index in [0.717, 1.165) is 10.7 Å². The van der Waals surface area contributed by atoms with E-state index in [1.165, 1.54) is 43.3 Å². The van der Waals surface area contributed by atoms with Crippen molar-refractivity contribution in [2.24, 2.45) is 0 Å². The molecule has 0 radical (unpaired) electrons. The number of nitrogens with one attached hydrogen (secondary N) is 2. The molecule has 3 aromatic rings. The van der Waals surface area contributed by atoms with Crippen LogP contribution in [0.3, 0.4) is 0 Å². The smallest absolute Gasteiger partial charge is 0.324 e. The second-order valence-electron chi connectivity index (χ2n) is 6.25. The van der Waals surface area contributed by atoms with E-state index in [2.05, 4.69) is 25.3 Å². The molecule has 164 valence electrons. The fourth-order valence-corrected chi connectivity index (χ4v) is 3.53. The van der Waals surface area contributed by atoms with E-state index in [4.69, 9.17) is 11.6 Å². The number of alkyl halides is 3. The van der Waals surface area contributed by atoms with Crippen molar-refractivity contribution < 1.29 is 26.4 Å². The van der Waals surface area contributed by atoms with Gasteiger partial charge in [0.2, 0.25) is 5.91 Å². The highest BCUT2D eigenvalue weighted by atomic mass is 35.5. The molecule has 2 N–H and O–H groups in total. The van der Waals surface area contributed by atoms with Crippen LogP contribution in [0, 0.1) is 6.92 Å². The quantitative estimate of drug-likeness (QED) is 0.566. The summed E-state index contributed by atoms with van der Waals surface area (Å²) in [7, 11) is -3.97. The van der Waals surface area contributed by atoms with Crippen LogP contribution in [0.5, 0.6) is 0 Å².